The number of ketones is 1. The van der Waals surface area contributed by atoms with Crippen LogP contribution in [0.5, 0.6) is 5.75 Å². The molecule has 0 spiro atoms. The molecule has 0 unspecified atom stereocenters. The van der Waals surface area contributed by atoms with E-state index < -0.39 is 0 Å². The molecule has 0 N–H and O–H groups in total. The second kappa shape index (κ2) is 9.06. The summed E-state index contributed by atoms with van der Waals surface area (Å²) in [5.41, 5.74) is 1.84. The fourth-order valence-electron chi connectivity index (χ4n) is 2.62. The van der Waals surface area contributed by atoms with E-state index in [1.807, 2.05) is 53.1 Å². The zero-order valence-corrected chi connectivity index (χ0v) is 16.8. The first-order chi connectivity index (χ1) is 13.1. The molecule has 0 saturated carbocycles. The minimum Gasteiger partial charge on any atom is -0.497 e. The lowest BCUT2D eigenvalue weighted by atomic mass is 10.2. The van der Waals surface area contributed by atoms with Crippen LogP contribution in [0.25, 0.3) is 17.1 Å². The van der Waals surface area contributed by atoms with Crippen LogP contribution in [-0.2, 0) is 4.79 Å². The van der Waals surface area contributed by atoms with Crippen molar-refractivity contribution < 1.29 is 9.53 Å². The van der Waals surface area contributed by atoms with Crippen LogP contribution in [0.15, 0.2) is 53.7 Å². The Balaban J connectivity index is 1.97. The van der Waals surface area contributed by atoms with Crippen molar-refractivity contribution in [3.63, 3.8) is 0 Å². The van der Waals surface area contributed by atoms with E-state index in [1.165, 1.54) is 0 Å². The zero-order valence-electron chi connectivity index (χ0n) is 15.2. The lowest BCUT2D eigenvalue weighted by Crippen LogP contribution is -2.00. The van der Waals surface area contributed by atoms with Gasteiger partial charge in [-0.05, 0) is 49.7 Å². The number of benzene rings is 2. The van der Waals surface area contributed by atoms with Crippen molar-refractivity contribution in [3.05, 3.63) is 53.6 Å². The van der Waals surface area contributed by atoms with Crippen molar-refractivity contribution >= 4 is 29.1 Å². The molecule has 0 amide bonds. The van der Waals surface area contributed by atoms with E-state index in [0.717, 1.165) is 40.2 Å². The van der Waals surface area contributed by atoms with Gasteiger partial charge in [0, 0.05) is 28.4 Å². The van der Waals surface area contributed by atoms with Crippen molar-refractivity contribution in [2.24, 2.45) is 0 Å². The highest BCUT2D eigenvalue weighted by Crippen LogP contribution is 2.30. The van der Waals surface area contributed by atoms with Crippen LogP contribution >= 0.6 is 23.4 Å². The van der Waals surface area contributed by atoms with Gasteiger partial charge < -0.3 is 9.53 Å². The number of carbonyl (C=O) groups is 1. The Morgan fingerprint density at radius 3 is 2.67 bits per heavy atom. The minimum absolute atomic E-state index is 0.201. The number of nitrogens with zero attached hydrogens (tertiary/aromatic N) is 3. The minimum atomic E-state index is 0.201. The fourth-order valence-corrected chi connectivity index (χ4v) is 3.64. The Hall–Kier alpha value is -2.31. The summed E-state index contributed by atoms with van der Waals surface area (Å²) in [4.78, 5) is 11.2. The second-order valence-electron chi connectivity index (χ2n) is 6.00. The van der Waals surface area contributed by atoms with E-state index >= 15 is 0 Å². The van der Waals surface area contributed by atoms with Gasteiger partial charge in [0.05, 0.1) is 7.11 Å². The third-order valence-electron chi connectivity index (χ3n) is 3.95. The Bertz CT molecular complexity index is 925. The predicted molar refractivity (Wildman–Crippen MR) is 109 cm³/mol. The summed E-state index contributed by atoms with van der Waals surface area (Å²) in [7, 11) is 1.64. The molecule has 0 bridgehead atoms. The third kappa shape index (κ3) is 4.90. The average Bonchev–Trinajstić information content (AvgIpc) is 3.09. The molecule has 0 aliphatic carbocycles. The molecule has 0 radical (unpaired) electrons. The average molecular weight is 402 g/mol. The summed E-state index contributed by atoms with van der Waals surface area (Å²) >= 11 is 7.63. The van der Waals surface area contributed by atoms with Crippen molar-refractivity contribution in [1.29, 1.82) is 0 Å². The largest absolute Gasteiger partial charge is 0.497 e. The van der Waals surface area contributed by atoms with Gasteiger partial charge in [0.15, 0.2) is 11.0 Å². The van der Waals surface area contributed by atoms with Crippen molar-refractivity contribution in [2.45, 2.75) is 24.9 Å². The van der Waals surface area contributed by atoms with Gasteiger partial charge in [-0.3, -0.25) is 4.57 Å². The number of hydrogen-bond donors (Lipinski definition) is 0. The molecule has 140 valence electrons. The number of methoxy groups -OCH3 is 1. The molecular weight excluding hydrogens is 382 g/mol. The molecule has 0 aliphatic rings. The van der Waals surface area contributed by atoms with Crippen LogP contribution in [0.1, 0.15) is 19.8 Å². The number of halogens is 1. The molecule has 1 aromatic heterocycles. The topological polar surface area (TPSA) is 57.0 Å². The van der Waals surface area contributed by atoms with Crippen LogP contribution in [-0.4, -0.2) is 33.4 Å². The molecular formula is C20H20ClN3O2S. The van der Waals surface area contributed by atoms with Crippen LogP contribution < -0.4 is 4.74 Å². The maximum Gasteiger partial charge on any atom is 0.196 e. The number of Topliss-reactive ketones (excluding diaryl/α,β-unsaturated/α-hetero) is 1. The summed E-state index contributed by atoms with van der Waals surface area (Å²) in [6.07, 6.45) is 1.38. The Morgan fingerprint density at radius 2 is 1.96 bits per heavy atom. The van der Waals surface area contributed by atoms with Crippen LogP contribution in [0, 0.1) is 0 Å². The summed E-state index contributed by atoms with van der Waals surface area (Å²) < 4.78 is 7.34. The van der Waals surface area contributed by atoms with Gasteiger partial charge in [-0.1, -0.05) is 35.5 Å². The number of hydrogen-bond acceptors (Lipinski definition) is 5. The summed E-state index contributed by atoms with van der Waals surface area (Å²) in [6, 6.07) is 15.3. The summed E-state index contributed by atoms with van der Waals surface area (Å²) in [5, 5.41) is 10.2. The molecule has 0 saturated heterocycles. The van der Waals surface area contributed by atoms with Crippen molar-refractivity contribution in [3.8, 4) is 22.8 Å². The number of aromatic nitrogens is 3. The highest BCUT2D eigenvalue weighted by atomic mass is 35.5. The maximum absolute atomic E-state index is 11.2. The van der Waals surface area contributed by atoms with Crippen molar-refractivity contribution in [2.75, 3.05) is 12.9 Å². The van der Waals surface area contributed by atoms with E-state index in [2.05, 4.69) is 10.2 Å². The van der Waals surface area contributed by atoms with E-state index in [9.17, 15) is 4.79 Å². The molecule has 0 atom stereocenters. The van der Waals surface area contributed by atoms with Gasteiger partial charge in [0.2, 0.25) is 0 Å². The van der Waals surface area contributed by atoms with Crippen LogP contribution in [0.4, 0.5) is 0 Å². The first-order valence-corrected chi connectivity index (χ1v) is 9.93. The number of carbonyl (C=O) groups excluding carboxylic acids is 1. The molecule has 27 heavy (non-hydrogen) atoms. The van der Waals surface area contributed by atoms with Gasteiger partial charge in [0.25, 0.3) is 0 Å². The lowest BCUT2D eigenvalue weighted by molar-refractivity contribution is -0.117. The fraction of sp³-hybridized carbons (Fsp3) is 0.250. The number of thioether (sulfide) groups is 1. The molecule has 7 heteroatoms. The van der Waals surface area contributed by atoms with E-state index in [4.69, 9.17) is 16.3 Å². The van der Waals surface area contributed by atoms with Gasteiger partial charge in [-0.15, -0.1) is 10.2 Å². The molecule has 2 aromatic carbocycles. The highest BCUT2D eigenvalue weighted by molar-refractivity contribution is 7.99. The predicted octanol–water partition coefficient (Wildman–Crippen LogP) is 5.06. The number of ether oxygens (including phenoxy) is 1. The zero-order chi connectivity index (χ0) is 19.2. The quantitative estimate of drug-likeness (QED) is 0.390. The number of rotatable bonds is 8. The first-order valence-electron chi connectivity index (χ1n) is 8.56. The molecule has 1 heterocycles. The Labute approximate surface area is 167 Å². The van der Waals surface area contributed by atoms with Crippen LogP contribution in [0.3, 0.4) is 0 Å². The Morgan fingerprint density at radius 1 is 1.19 bits per heavy atom. The smallest absolute Gasteiger partial charge is 0.196 e. The standard InChI is InChI=1S/C20H20ClN3O2S/c1-14(25)5-4-12-27-20-23-22-19(15-6-3-7-18(13-15)26-2)24(20)17-10-8-16(21)9-11-17/h3,6-11,13H,4-5,12H2,1-2H3. The van der Waals surface area contributed by atoms with E-state index in [1.54, 1.807) is 25.8 Å². The molecule has 0 aliphatic heterocycles. The van der Waals surface area contributed by atoms with Gasteiger partial charge in [-0.2, -0.15) is 0 Å². The van der Waals surface area contributed by atoms with Gasteiger partial charge in [0.1, 0.15) is 11.5 Å². The van der Waals surface area contributed by atoms with Gasteiger partial charge in [-0.25, -0.2) is 0 Å². The lowest BCUT2D eigenvalue weighted by Gasteiger charge is -2.11. The molecule has 0 fully saturated rings. The van der Waals surface area contributed by atoms with E-state index in [-0.39, 0.29) is 5.78 Å². The normalized spacial score (nSPS) is 10.8. The van der Waals surface area contributed by atoms with Gasteiger partial charge >= 0.3 is 0 Å². The monoisotopic (exact) mass is 401 g/mol. The van der Waals surface area contributed by atoms with E-state index in [0.29, 0.717) is 11.4 Å². The molecule has 5 nitrogen and oxygen atoms in total. The third-order valence-corrected chi connectivity index (χ3v) is 5.22. The SMILES string of the molecule is COc1cccc(-c2nnc(SCCCC(C)=O)n2-c2ccc(Cl)cc2)c1. The highest BCUT2D eigenvalue weighted by Gasteiger charge is 2.16. The van der Waals surface area contributed by atoms with Crippen LogP contribution in [0.2, 0.25) is 5.02 Å². The summed E-state index contributed by atoms with van der Waals surface area (Å²) in [6.45, 7) is 1.61. The second-order valence-corrected chi connectivity index (χ2v) is 7.50. The first kappa shape index (κ1) is 19.5. The maximum atomic E-state index is 11.2. The molecule has 3 rings (SSSR count). The molecule has 3 aromatic rings. The Kier molecular flexibility index (Phi) is 6.53. The van der Waals surface area contributed by atoms with Crippen molar-refractivity contribution in [1.82, 2.24) is 14.8 Å². The summed E-state index contributed by atoms with van der Waals surface area (Å²) in [5.74, 6) is 2.48.